The molecule has 0 saturated carbocycles. The summed E-state index contributed by atoms with van der Waals surface area (Å²) in [6, 6.07) is 13.7. The molecule has 1 aliphatic rings. The molecule has 0 spiro atoms. The van der Waals surface area contributed by atoms with Crippen LogP contribution in [-0.4, -0.2) is 58.0 Å². The molecule has 31 heavy (non-hydrogen) atoms. The second kappa shape index (κ2) is 9.66. The van der Waals surface area contributed by atoms with Crippen LogP contribution in [0.2, 0.25) is 0 Å². The van der Waals surface area contributed by atoms with Gasteiger partial charge in [-0.05, 0) is 29.5 Å². The van der Waals surface area contributed by atoms with E-state index in [-0.39, 0.29) is 5.91 Å². The van der Waals surface area contributed by atoms with Gasteiger partial charge in [0.25, 0.3) is 5.91 Å². The lowest BCUT2D eigenvalue weighted by atomic mass is 10.1. The third-order valence-electron chi connectivity index (χ3n) is 5.48. The Morgan fingerprint density at radius 3 is 2.55 bits per heavy atom. The SMILES string of the molecule is COc1ccc(CCNC(=O)c2cnc(N3CCOCC3)c3ccccc23)cc1OC. The molecule has 1 aromatic heterocycles. The maximum absolute atomic E-state index is 12.9. The van der Waals surface area contributed by atoms with E-state index in [1.54, 1.807) is 20.4 Å². The van der Waals surface area contributed by atoms with E-state index in [4.69, 9.17) is 14.2 Å². The highest BCUT2D eigenvalue weighted by molar-refractivity contribution is 6.09. The smallest absolute Gasteiger partial charge is 0.253 e. The van der Waals surface area contributed by atoms with Crippen LogP contribution in [0.5, 0.6) is 11.5 Å². The van der Waals surface area contributed by atoms with Gasteiger partial charge in [-0.2, -0.15) is 0 Å². The minimum absolute atomic E-state index is 0.127. The third-order valence-corrected chi connectivity index (χ3v) is 5.48. The van der Waals surface area contributed by atoms with Gasteiger partial charge < -0.3 is 24.4 Å². The van der Waals surface area contributed by atoms with Gasteiger partial charge in [0.1, 0.15) is 5.82 Å². The Bertz CT molecular complexity index is 1060. The first-order chi connectivity index (χ1) is 15.2. The van der Waals surface area contributed by atoms with Crippen molar-refractivity contribution in [1.82, 2.24) is 10.3 Å². The molecule has 2 heterocycles. The number of amides is 1. The Hall–Kier alpha value is -3.32. The molecule has 7 heteroatoms. The highest BCUT2D eigenvalue weighted by Gasteiger charge is 2.18. The van der Waals surface area contributed by atoms with Crippen LogP contribution in [0.1, 0.15) is 15.9 Å². The molecule has 1 N–H and O–H groups in total. The number of fused-ring (bicyclic) bond motifs is 1. The Morgan fingerprint density at radius 1 is 1.06 bits per heavy atom. The summed E-state index contributed by atoms with van der Waals surface area (Å²) >= 11 is 0. The summed E-state index contributed by atoms with van der Waals surface area (Å²) in [5, 5.41) is 4.91. The number of pyridine rings is 1. The highest BCUT2D eigenvalue weighted by atomic mass is 16.5. The molecule has 1 aliphatic heterocycles. The molecular formula is C24H27N3O4. The quantitative estimate of drug-likeness (QED) is 0.632. The molecule has 1 saturated heterocycles. The molecule has 2 aromatic carbocycles. The topological polar surface area (TPSA) is 72.9 Å². The lowest BCUT2D eigenvalue weighted by Crippen LogP contribution is -2.37. The fraction of sp³-hybridized carbons (Fsp3) is 0.333. The van der Waals surface area contributed by atoms with Crippen LogP contribution in [0.25, 0.3) is 10.8 Å². The minimum atomic E-state index is -0.127. The number of carbonyl (C=O) groups is 1. The number of rotatable bonds is 7. The fourth-order valence-electron chi connectivity index (χ4n) is 3.84. The molecule has 0 atom stereocenters. The van der Waals surface area contributed by atoms with Crippen molar-refractivity contribution in [3.8, 4) is 11.5 Å². The summed E-state index contributed by atoms with van der Waals surface area (Å²) in [4.78, 5) is 19.8. The van der Waals surface area contributed by atoms with Gasteiger partial charge in [-0.25, -0.2) is 4.98 Å². The third kappa shape index (κ3) is 4.56. The number of morpholine rings is 1. The molecule has 0 aliphatic carbocycles. The molecule has 1 fully saturated rings. The van der Waals surface area contributed by atoms with Gasteiger partial charge in [0.15, 0.2) is 11.5 Å². The van der Waals surface area contributed by atoms with E-state index in [9.17, 15) is 4.79 Å². The number of aromatic nitrogens is 1. The Morgan fingerprint density at radius 2 is 1.81 bits per heavy atom. The van der Waals surface area contributed by atoms with Crippen molar-refractivity contribution in [2.45, 2.75) is 6.42 Å². The van der Waals surface area contributed by atoms with Crippen molar-refractivity contribution in [3.63, 3.8) is 0 Å². The zero-order chi connectivity index (χ0) is 21.6. The summed E-state index contributed by atoms with van der Waals surface area (Å²) in [7, 11) is 3.22. The molecule has 1 amide bonds. The van der Waals surface area contributed by atoms with E-state index >= 15 is 0 Å². The number of hydrogen-bond donors (Lipinski definition) is 1. The normalized spacial score (nSPS) is 13.8. The lowest BCUT2D eigenvalue weighted by molar-refractivity contribution is 0.0955. The van der Waals surface area contributed by atoms with E-state index in [2.05, 4.69) is 15.2 Å². The molecule has 162 valence electrons. The summed E-state index contributed by atoms with van der Waals surface area (Å²) in [6.07, 6.45) is 2.36. The monoisotopic (exact) mass is 421 g/mol. The predicted molar refractivity (Wildman–Crippen MR) is 120 cm³/mol. The summed E-state index contributed by atoms with van der Waals surface area (Å²) in [5.41, 5.74) is 1.64. The van der Waals surface area contributed by atoms with Gasteiger partial charge in [0.2, 0.25) is 0 Å². The van der Waals surface area contributed by atoms with E-state index in [0.717, 1.165) is 35.2 Å². The van der Waals surface area contributed by atoms with Crippen molar-refractivity contribution in [2.75, 3.05) is 52.0 Å². The van der Waals surface area contributed by atoms with Crippen molar-refractivity contribution in [2.24, 2.45) is 0 Å². The maximum Gasteiger partial charge on any atom is 0.253 e. The van der Waals surface area contributed by atoms with Crippen LogP contribution in [0, 0.1) is 0 Å². The van der Waals surface area contributed by atoms with Gasteiger partial charge in [0, 0.05) is 31.2 Å². The molecular weight excluding hydrogens is 394 g/mol. The first kappa shape index (κ1) is 20.9. The van der Waals surface area contributed by atoms with Gasteiger partial charge in [0.05, 0.1) is 33.0 Å². The molecule has 7 nitrogen and oxygen atoms in total. The molecule has 4 rings (SSSR count). The summed E-state index contributed by atoms with van der Waals surface area (Å²) < 4.78 is 16.1. The minimum Gasteiger partial charge on any atom is -0.493 e. The average Bonchev–Trinajstić information content (AvgIpc) is 2.83. The number of nitrogens with zero attached hydrogens (tertiary/aromatic N) is 2. The van der Waals surface area contributed by atoms with Crippen LogP contribution in [-0.2, 0) is 11.2 Å². The van der Waals surface area contributed by atoms with Gasteiger partial charge in [-0.15, -0.1) is 0 Å². The predicted octanol–water partition coefficient (Wildman–Crippen LogP) is 3.06. The highest BCUT2D eigenvalue weighted by Crippen LogP contribution is 2.29. The second-order valence-electron chi connectivity index (χ2n) is 7.34. The van der Waals surface area contributed by atoms with E-state index < -0.39 is 0 Å². The number of ether oxygens (including phenoxy) is 3. The average molecular weight is 421 g/mol. The second-order valence-corrected chi connectivity index (χ2v) is 7.34. The van der Waals surface area contributed by atoms with Crippen molar-refractivity contribution < 1.29 is 19.0 Å². The number of benzene rings is 2. The van der Waals surface area contributed by atoms with Crippen LogP contribution in [0.3, 0.4) is 0 Å². The zero-order valence-electron chi connectivity index (χ0n) is 17.9. The standard InChI is InChI=1S/C24H27N3O4/c1-29-21-8-7-17(15-22(21)30-2)9-10-25-24(28)20-16-26-23(27-11-13-31-14-12-27)19-6-4-3-5-18(19)20/h3-8,15-16H,9-14H2,1-2H3,(H,25,28). The molecule has 3 aromatic rings. The molecule has 0 bridgehead atoms. The fourth-order valence-corrected chi connectivity index (χ4v) is 3.84. The first-order valence-corrected chi connectivity index (χ1v) is 10.4. The zero-order valence-corrected chi connectivity index (χ0v) is 17.9. The largest absolute Gasteiger partial charge is 0.493 e. The van der Waals surface area contributed by atoms with Crippen LogP contribution < -0.4 is 19.7 Å². The Labute approximate surface area is 181 Å². The molecule has 0 unspecified atom stereocenters. The number of nitrogens with one attached hydrogen (secondary N) is 1. The number of carbonyl (C=O) groups excluding carboxylic acids is 1. The van der Waals surface area contributed by atoms with Crippen molar-refractivity contribution in [3.05, 3.63) is 59.8 Å². The lowest BCUT2D eigenvalue weighted by Gasteiger charge is -2.29. The maximum atomic E-state index is 12.9. The van der Waals surface area contributed by atoms with Crippen molar-refractivity contribution >= 4 is 22.5 Å². The summed E-state index contributed by atoms with van der Waals surface area (Å²) in [5.74, 6) is 2.15. The van der Waals surface area contributed by atoms with E-state index in [1.165, 1.54) is 0 Å². The molecule has 0 radical (unpaired) electrons. The van der Waals surface area contributed by atoms with Gasteiger partial charge in [-0.1, -0.05) is 30.3 Å². The number of anilines is 1. The van der Waals surface area contributed by atoms with E-state index in [0.29, 0.717) is 43.2 Å². The Balaban J connectivity index is 1.48. The number of methoxy groups -OCH3 is 2. The van der Waals surface area contributed by atoms with E-state index in [1.807, 2.05) is 42.5 Å². The number of hydrogen-bond acceptors (Lipinski definition) is 6. The van der Waals surface area contributed by atoms with Crippen LogP contribution >= 0.6 is 0 Å². The van der Waals surface area contributed by atoms with Crippen LogP contribution in [0.15, 0.2) is 48.7 Å². The van der Waals surface area contributed by atoms with Crippen LogP contribution in [0.4, 0.5) is 5.82 Å². The Kier molecular flexibility index (Phi) is 6.52. The van der Waals surface area contributed by atoms with Crippen molar-refractivity contribution in [1.29, 1.82) is 0 Å². The first-order valence-electron chi connectivity index (χ1n) is 10.4. The van der Waals surface area contributed by atoms with Gasteiger partial charge in [-0.3, -0.25) is 4.79 Å². The van der Waals surface area contributed by atoms with Gasteiger partial charge >= 0.3 is 0 Å². The summed E-state index contributed by atoms with van der Waals surface area (Å²) in [6.45, 7) is 3.48.